The Labute approximate surface area is 157 Å². The van der Waals surface area contributed by atoms with Crippen LogP contribution in [0.15, 0.2) is 29.5 Å². The van der Waals surface area contributed by atoms with E-state index in [0.29, 0.717) is 12.5 Å². The lowest BCUT2D eigenvalue weighted by Gasteiger charge is -2.37. The number of nitrogens with zero attached hydrogens (tertiary/aromatic N) is 4. The fraction of sp³-hybridized carbons (Fsp3) is 0.529. The highest BCUT2D eigenvalue weighted by Crippen LogP contribution is 2.28. The molecule has 1 aromatic rings. The molecule has 2 saturated heterocycles. The molecule has 0 bridgehead atoms. The normalized spacial score (nSPS) is 27.1. The van der Waals surface area contributed by atoms with E-state index >= 15 is 0 Å². The van der Waals surface area contributed by atoms with E-state index in [1.165, 1.54) is 41.5 Å². The van der Waals surface area contributed by atoms with E-state index in [-0.39, 0.29) is 5.91 Å². The van der Waals surface area contributed by atoms with Crippen LogP contribution in [0.3, 0.4) is 0 Å². The second-order valence-electron chi connectivity index (χ2n) is 6.68. The van der Waals surface area contributed by atoms with Gasteiger partial charge in [0.05, 0.1) is 6.54 Å². The number of aliphatic imine (C=N–C) groups is 1. The summed E-state index contributed by atoms with van der Waals surface area (Å²) >= 11 is 7.04. The maximum Gasteiger partial charge on any atom is 0.248 e. The van der Waals surface area contributed by atoms with Crippen molar-refractivity contribution >= 4 is 39.4 Å². The van der Waals surface area contributed by atoms with Gasteiger partial charge in [-0.3, -0.25) is 14.8 Å². The minimum Gasteiger partial charge on any atom is -0.310 e. The third-order valence-electron chi connectivity index (χ3n) is 5.06. The van der Waals surface area contributed by atoms with Gasteiger partial charge in [-0.05, 0) is 37.1 Å². The van der Waals surface area contributed by atoms with Gasteiger partial charge in [0.2, 0.25) is 5.91 Å². The molecule has 0 saturated carbocycles. The van der Waals surface area contributed by atoms with E-state index < -0.39 is 0 Å². The van der Waals surface area contributed by atoms with Crippen LogP contribution < -0.4 is 4.90 Å². The van der Waals surface area contributed by atoms with Crippen molar-refractivity contribution in [3.8, 4) is 0 Å². The molecule has 3 aliphatic heterocycles. The molecule has 25 heavy (non-hydrogen) atoms. The van der Waals surface area contributed by atoms with E-state index in [2.05, 4.69) is 26.1 Å². The molecule has 8 heteroatoms. The Morgan fingerprint density at radius 3 is 3.12 bits per heavy atom. The van der Waals surface area contributed by atoms with Crippen LogP contribution in [0.1, 0.15) is 43.7 Å². The highest BCUT2D eigenvalue weighted by molar-refractivity contribution is 8.33. The van der Waals surface area contributed by atoms with Crippen molar-refractivity contribution in [1.29, 1.82) is 0 Å². The van der Waals surface area contributed by atoms with E-state index in [1.807, 2.05) is 18.5 Å². The number of piperidine rings is 1. The molecule has 2 fully saturated rings. The number of carbonyl (C=O) groups excluding carboxylic acids is 1. The van der Waals surface area contributed by atoms with Gasteiger partial charge < -0.3 is 4.90 Å². The highest BCUT2D eigenvalue weighted by atomic mass is 32.2. The lowest BCUT2D eigenvalue weighted by atomic mass is 9.97. The van der Waals surface area contributed by atoms with E-state index in [9.17, 15) is 4.79 Å². The zero-order valence-corrected chi connectivity index (χ0v) is 15.7. The van der Waals surface area contributed by atoms with Gasteiger partial charge in [0.25, 0.3) is 0 Å². The monoisotopic (exact) mass is 376 g/mol. The first-order valence-electron chi connectivity index (χ1n) is 8.85. The van der Waals surface area contributed by atoms with Gasteiger partial charge in [0, 0.05) is 37.3 Å². The van der Waals surface area contributed by atoms with Gasteiger partial charge in [-0.15, -0.1) is 0 Å². The SMILES string of the molecule is O=C1CCCN2C(=N1)SC(=S)N2C[NH+]1CCCCC1c1cccnc1. The first-order chi connectivity index (χ1) is 12.2. The molecule has 1 N–H and O–H groups in total. The van der Waals surface area contributed by atoms with Crippen LogP contribution in [-0.4, -0.2) is 50.2 Å². The Balaban J connectivity index is 1.54. The summed E-state index contributed by atoms with van der Waals surface area (Å²) in [7, 11) is 0. The average Bonchev–Trinajstić information content (AvgIpc) is 2.79. The Hall–Kier alpha value is -1.51. The Morgan fingerprint density at radius 2 is 2.28 bits per heavy atom. The number of hydrazine groups is 1. The number of nitrogens with one attached hydrogen (secondary N) is 1. The predicted octanol–water partition coefficient (Wildman–Crippen LogP) is 1.38. The summed E-state index contributed by atoms with van der Waals surface area (Å²) in [5.74, 6) is -0.0341. The molecule has 0 aromatic carbocycles. The maximum atomic E-state index is 11.8. The summed E-state index contributed by atoms with van der Waals surface area (Å²) in [6.45, 7) is 2.75. The Kier molecular flexibility index (Phi) is 5.00. The molecule has 0 spiro atoms. The van der Waals surface area contributed by atoms with E-state index in [1.54, 1.807) is 0 Å². The predicted molar refractivity (Wildman–Crippen MR) is 102 cm³/mol. The summed E-state index contributed by atoms with van der Waals surface area (Å²) < 4.78 is 0.802. The zero-order valence-electron chi connectivity index (χ0n) is 14.1. The number of quaternary nitrogens is 1. The standard InChI is InChI=1S/C17H21N5OS2/c23-15-7-4-10-21-16(19-15)25-17(24)22(21)12-20-9-2-1-6-14(20)13-5-3-8-18-11-13/h3,5,8,11,14H,1-2,4,6-7,9-10,12H2/p+1. The molecule has 2 atom stereocenters. The molecule has 4 heterocycles. The van der Waals surface area contributed by atoms with Crippen molar-refractivity contribution in [1.82, 2.24) is 15.0 Å². The second kappa shape index (κ2) is 7.39. The number of aromatic nitrogens is 1. The van der Waals surface area contributed by atoms with Crippen molar-refractivity contribution < 1.29 is 9.69 Å². The van der Waals surface area contributed by atoms with E-state index in [0.717, 1.165) is 35.7 Å². The molecule has 6 nitrogen and oxygen atoms in total. The first-order valence-corrected chi connectivity index (χ1v) is 10.1. The third kappa shape index (κ3) is 3.56. The van der Waals surface area contributed by atoms with Crippen LogP contribution >= 0.6 is 24.0 Å². The third-order valence-corrected chi connectivity index (χ3v) is 6.39. The maximum absolute atomic E-state index is 11.8. The van der Waals surface area contributed by atoms with Crippen molar-refractivity contribution in [3.63, 3.8) is 0 Å². The van der Waals surface area contributed by atoms with Crippen molar-refractivity contribution in [2.75, 3.05) is 19.8 Å². The quantitative estimate of drug-likeness (QED) is 0.805. The van der Waals surface area contributed by atoms with Gasteiger partial charge in [0.1, 0.15) is 6.04 Å². The average molecular weight is 377 g/mol. The van der Waals surface area contributed by atoms with Gasteiger partial charge in [-0.2, -0.15) is 4.99 Å². The number of thiocarbonyl (C=S) groups is 1. The first kappa shape index (κ1) is 16.9. The van der Waals surface area contributed by atoms with Crippen LogP contribution in [0, 0.1) is 0 Å². The van der Waals surface area contributed by atoms with Gasteiger partial charge in [0.15, 0.2) is 16.2 Å². The lowest BCUT2D eigenvalue weighted by molar-refractivity contribution is -0.946. The lowest BCUT2D eigenvalue weighted by Crippen LogP contribution is -3.14. The number of rotatable bonds is 3. The van der Waals surface area contributed by atoms with Crippen LogP contribution in [0.4, 0.5) is 0 Å². The number of thioether (sulfide) groups is 1. The number of amides is 1. The number of carbonyl (C=O) groups is 1. The molecule has 2 unspecified atom stereocenters. The number of fused-ring (bicyclic) bond motifs is 1. The molecule has 0 radical (unpaired) electrons. The van der Waals surface area contributed by atoms with Gasteiger partial charge in [-0.1, -0.05) is 18.3 Å². The van der Waals surface area contributed by atoms with Crippen LogP contribution in [-0.2, 0) is 4.79 Å². The Bertz CT molecular complexity index is 696. The summed E-state index contributed by atoms with van der Waals surface area (Å²) in [6.07, 6.45) is 8.84. The fourth-order valence-electron chi connectivity index (χ4n) is 3.82. The summed E-state index contributed by atoms with van der Waals surface area (Å²) in [5, 5.41) is 5.02. The topological polar surface area (TPSA) is 53.2 Å². The number of hydrogen-bond donors (Lipinski definition) is 1. The zero-order chi connectivity index (χ0) is 17.2. The largest absolute Gasteiger partial charge is 0.310 e. The minimum absolute atomic E-state index is 0.0341. The molecular weight excluding hydrogens is 354 g/mol. The molecule has 1 aromatic heterocycles. The fourth-order valence-corrected chi connectivity index (χ4v) is 5.07. The van der Waals surface area contributed by atoms with Gasteiger partial charge in [-0.25, -0.2) is 5.01 Å². The van der Waals surface area contributed by atoms with Crippen molar-refractivity contribution in [2.24, 2.45) is 4.99 Å². The summed E-state index contributed by atoms with van der Waals surface area (Å²) in [5.41, 5.74) is 1.30. The molecular formula is C17H22N5OS2+. The Morgan fingerprint density at radius 1 is 1.36 bits per heavy atom. The second-order valence-corrected chi connectivity index (χ2v) is 8.28. The minimum atomic E-state index is -0.0341. The number of amidine groups is 1. The molecule has 132 valence electrons. The number of pyridine rings is 1. The van der Waals surface area contributed by atoms with Crippen molar-refractivity contribution in [3.05, 3.63) is 30.1 Å². The molecule has 3 aliphatic rings. The molecule has 4 rings (SSSR count). The van der Waals surface area contributed by atoms with Crippen LogP contribution in [0.2, 0.25) is 0 Å². The number of hydrogen-bond acceptors (Lipinski definition) is 5. The van der Waals surface area contributed by atoms with E-state index in [4.69, 9.17) is 12.2 Å². The summed E-state index contributed by atoms with van der Waals surface area (Å²) in [4.78, 5) is 21.8. The van der Waals surface area contributed by atoms with Gasteiger partial charge >= 0.3 is 0 Å². The molecule has 1 amide bonds. The van der Waals surface area contributed by atoms with Crippen LogP contribution in [0.25, 0.3) is 0 Å². The highest BCUT2D eigenvalue weighted by Gasteiger charge is 2.38. The number of likely N-dealkylation sites (tertiary alicyclic amines) is 1. The van der Waals surface area contributed by atoms with Crippen LogP contribution in [0.5, 0.6) is 0 Å². The molecule has 0 aliphatic carbocycles. The van der Waals surface area contributed by atoms with Crippen molar-refractivity contribution in [2.45, 2.75) is 38.1 Å². The summed E-state index contributed by atoms with van der Waals surface area (Å²) in [6, 6.07) is 4.64. The smallest absolute Gasteiger partial charge is 0.248 e.